The maximum absolute atomic E-state index is 11.9. The van der Waals surface area contributed by atoms with Gasteiger partial charge in [-0.2, -0.15) is 0 Å². The fourth-order valence-electron chi connectivity index (χ4n) is 2.94. The molecule has 0 aliphatic heterocycles. The van der Waals surface area contributed by atoms with Crippen LogP contribution < -0.4 is 5.32 Å². The SMILES string of the molecule is CC(C)(C)OC(=O)N[C@H](CO)CC1(CCOCc2ccccc2)CC1. The molecule has 0 aromatic heterocycles. The molecule has 1 aromatic carbocycles. The van der Waals surface area contributed by atoms with E-state index in [0.717, 1.165) is 25.7 Å². The molecule has 1 atom stereocenters. The lowest BCUT2D eigenvalue weighted by Gasteiger charge is -2.25. The maximum atomic E-state index is 11.9. The molecule has 1 amide bonds. The van der Waals surface area contributed by atoms with Gasteiger partial charge >= 0.3 is 6.09 Å². The Morgan fingerprint density at radius 1 is 1.28 bits per heavy atom. The zero-order valence-electron chi connectivity index (χ0n) is 15.6. The number of benzene rings is 1. The van der Waals surface area contributed by atoms with E-state index in [1.54, 1.807) is 0 Å². The second kappa shape index (κ2) is 8.68. The van der Waals surface area contributed by atoms with E-state index in [4.69, 9.17) is 9.47 Å². The second-order valence-electron chi connectivity index (χ2n) is 8.02. The smallest absolute Gasteiger partial charge is 0.407 e. The Hall–Kier alpha value is -1.59. The summed E-state index contributed by atoms with van der Waals surface area (Å²) in [5, 5.41) is 12.4. The summed E-state index contributed by atoms with van der Waals surface area (Å²) < 4.78 is 11.0. The lowest BCUT2D eigenvalue weighted by atomic mass is 9.94. The minimum atomic E-state index is -0.535. The molecule has 140 valence electrons. The zero-order valence-corrected chi connectivity index (χ0v) is 15.6. The minimum Gasteiger partial charge on any atom is -0.444 e. The lowest BCUT2D eigenvalue weighted by molar-refractivity contribution is 0.0462. The van der Waals surface area contributed by atoms with Crippen LogP contribution in [0, 0.1) is 5.41 Å². The van der Waals surface area contributed by atoms with Crippen molar-refractivity contribution in [3.8, 4) is 0 Å². The molecule has 0 radical (unpaired) electrons. The molecule has 1 aliphatic rings. The van der Waals surface area contributed by atoms with Crippen LogP contribution in [0.5, 0.6) is 0 Å². The standard InChI is InChI=1S/C20H31NO4/c1-19(2,3)25-18(23)21-17(14-22)13-20(9-10-20)11-12-24-15-16-7-5-4-6-8-16/h4-8,17,22H,9-15H2,1-3H3,(H,21,23)/t17-/m0/s1. The van der Waals surface area contributed by atoms with E-state index < -0.39 is 11.7 Å². The summed E-state index contributed by atoms with van der Waals surface area (Å²) >= 11 is 0. The highest BCUT2D eigenvalue weighted by Gasteiger charge is 2.43. The zero-order chi connectivity index (χ0) is 18.3. The number of amides is 1. The first kappa shape index (κ1) is 19.7. The van der Waals surface area contributed by atoms with Crippen LogP contribution in [-0.4, -0.2) is 36.1 Å². The van der Waals surface area contributed by atoms with Gasteiger partial charge in [0, 0.05) is 6.61 Å². The summed E-state index contributed by atoms with van der Waals surface area (Å²) in [6.45, 7) is 6.72. The van der Waals surface area contributed by atoms with Crippen molar-refractivity contribution in [1.82, 2.24) is 5.32 Å². The van der Waals surface area contributed by atoms with Crippen LogP contribution in [0.1, 0.15) is 52.0 Å². The Morgan fingerprint density at radius 3 is 2.52 bits per heavy atom. The number of nitrogens with one attached hydrogen (secondary N) is 1. The first-order valence-corrected chi connectivity index (χ1v) is 9.04. The highest BCUT2D eigenvalue weighted by Crippen LogP contribution is 2.52. The summed E-state index contributed by atoms with van der Waals surface area (Å²) in [5.74, 6) is 0. The van der Waals surface area contributed by atoms with E-state index in [1.165, 1.54) is 5.56 Å². The van der Waals surface area contributed by atoms with E-state index in [-0.39, 0.29) is 18.1 Å². The van der Waals surface area contributed by atoms with Crippen molar-refractivity contribution in [3.63, 3.8) is 0 Å². The number of ether oxygens (including phenoxy) is 2. The Bertz CT molecular complexity index is 534. The van der Waals surface area contributed by atoms with Crippen LogP contribution >= 0.6 is 0 Å². The van der Waals surface area contributed by atoms with Crippen LogP contribution in [0.25, 0.3) is 0 Å². The van der Waals surface area contributed by atoms with Crippen molar-refractivity contribution in [2.45, 2.75) is 64.7 Å². The fraction of sp³-hybridized carbons (Fsp3) is 0.650. The van der Waals surface area contributed by atoms with Gasteiger partial charge in [0.15, 0.2) is 0 Å². The number of aliphatic hydroxyl groups excluding tert-OH is 1. The highest BCUT2D eigenvalue weighted by atomic mass is 16.6. The molecule has 2 rings (SSSR count). The van der Waals surface area contributed by atoms with Crippen LogP contribution in [0.4, 0.5) is 4.79 Å². The molecule has 5 nitrogen and oxygen atoms in total. The Kier molecular flexibility index (Phi) is 6.85. The summed E-state index contributed by atoms with van der Waals surface area (Å²) in [4.78, 5) is 11.9. The first-order chi connectivity index (χ1) is 11.8. The molecule has 5 heteroatoms. The number of aliphatic hydroxyl groups is 1. The van der Waals surface area contributed by atoms with Gasteiger partial charge in [0.1, 0.15) is 5.60 Å². The number of hydrogen-bond donors (Lipinski definition) is 2. The van der Waals surface area contributed by atoms with Gasteiger partial charge in [-0.1, -0.05) is 30.3 Å². The van der Waals surface area contributed by atoms with Crippen LogP contribution in [0.15, 0.2) is 30.3 Å². The van der Waals surface area contributed by atoms with Gasteiger partial charge in [-0.05, 0) is 57.4 Å². The average Bonchev–Trinajstić information content (AvgIpc) is 3.30. The lowest BCUT2D eigenvalue weighted by Crippen LogP contribution is -2.42. The summed E-state index contributed by atoms with van der Waals surface area (Å²) in [5.41, 5.74) is 0.818. The maximum Gasteiger partial charge on any atom is 0.407 e. The third-order valence-corrected chi connectivity index (χ3v) is 4.47. The van der Waals surface area contributed by atoms with Gasteiger partial charge in [0.2, 0.25) is 0 Å². The van der Waals surface area contributed by atoms with Gasteiger partial charge in [0.25, 0.3) is 0 Å². The molecule has 2 N–H and O–H groups in total. The number of hydrogen-bond acceptors (Lipinski definition) is 4. The van der Waals surface area contributed by atoms with E-state index >= 15 is 0 Å². The highest BCUT2D eigenvalue weighted by molar-refractivity contribution is 5.68. The topological polar surface area (TPSA) is 67.8 Å². The molecule has 0 unspecified atom stereocenters. The van der Waals surface area contributed by atoms with Crippen molar-refractivity contribution in [1.29, 1.82) is 0 Å². The van der Waals surface area contributed by atoms with Crippen molar-refractivity contribution in [2.75, 3.05) is 13.2 Å². The summed E-state index contributed by atoms with van der Waals surface area (Å²) in [7, 11) is 0. The molecule has 25 heavy (non-hydrogen) atoms. The third-order valence-electron chi connectivity index (χ3n) is 4.47. The Balaban J connectivity index is 1.71. The van der Waals surface area contributed by atoms with Gasteiger partial charge < -0.3 is 19.9 Å². The van der Waals surface area contributed by atoms with Crippen molar-refractivity contribution < 1.29 is 19.4 Å². The first-order valence-electron chi connectivity index (χ1n) is 9.04. The molecule has 1 aromatic rings. The average molecular weight is 349 g/mol. The van der Waals surface area contributed by atoms with Gasteiger partial charge in [-0.15, -0.1) is 0 Å². The molecule has 0 bridgehead atoms. The molecular formula is C20H31NO4. The van der Waals surface area contributed by atoms with E-state index in [2.05, 4.69) is 17.4 Å². The number of rotatable bonds is 9. The van der Waals surface area contributed by atoms with E-state index in [1.807, 2.05) is 39.0 Å². The fourth-order valence-corrected chi connectivity index (χ4v) is 2.94. The molecule has 1 fully saturated rings. The molecular weight excluding hydrogens is 318 g/mol. The monoisotopic (exact) mass is 349 g/mol. The van der Waals surface area contributed by atoms with Crippen molar-refractivity contribution in [2.24, 2.45) is 5.41 Å². The van der Waals surface area contributed by atoms with Gasteiger partial charge in [0.05, 0.1) is 19.3 Å². The Morgan fingerprint density at radius 2 is 1.96 bits per heavy atom. The second-order valence-corrected chi connectivity index (χ2v) is 8.02. The van der Waals surface area contributed by atoms with E-state index in [9.17, 15) is 9.90 Å². The van der Waals surface area contributed by atoms with Gasteiger partial charge in [-0.25, -0.2) is 4.79 Å². The van der Waals surface area contributed by atoms with Crippen molar-refractivity contribution >= 4 is 6.09 Å². The number of carbonyl (C=O) groups is 1. The third kappa shape index (κ3) is 7.45. The van der Waals surface area contributed by atoms with Crippen molar-refractivity contribution in [3.05, 3.63) is 35.9 Å². The quantitative estimate of drug-likeness (QED) is 0.668. The molecule has 0 saturated heterocycles. The minimum absolute atomic E-state index is 0.0775. The normalized spacial score (nSPS) is 17.0. The predicted molar refractivity (Wildman–Crippen MR) is 97.2 cm³/mol. The molecule has 0 heterocycles. The number of carbonyl (C=O) groups excluding carboxylic acids is 1. The Labute approximate surface area is 150 Å². The molecule has 1 saturated carbocycles. The van der Waals surface area contributed by atoms with Crippen LogP contribution in [0.3, 0.4) is 0 Å². The van der Waals surface area contributed by atoms with Crippen LogP contribution in [0.2, 0.25) is 0 Å². The summed E-state index contributed by atoms with van der Waals surface area (Å²) in [6.07, 6.45) is 3.48. The largest absolute Gasteiger partial charge is 0.444 e. The molecule has 0 spiro atoms. The van der Waals surface area contributed by atoms with E-state index in [0.29, 0.717) is 13.2 Å². The predicted octanol–water partition coefficient (Wildman–Crippen LogP) is 3.65. The number of alkyl carbamates (subject to hydrolysis) is 1. The summed E-state index contributed by atoms with van der Waals surface area (Å²) in [6, 6.07) is 9.85. The van der Waals surface area contributed by atoms with Crippen LogP contribution in [-0.2, 0) is 16.1 Å². The molecule has 1 aliphatic carbocycles. The van der Waals surface area contributed by atoms with Gasteiger partial charge in [-0.3, -0.25) is 0 Å².